The lowest BCUT2D eigenvalue weighted by atomic mass is 9.97. The molecule has 37 heavy (non-hydrogen) atoms. The Morgan fingerprint density at radius 2 is 1.59 bits per heavy atom. The van der Waals surface area contributed by atoms with E-state index in [0.29, 0.717) is 13.1 Å². The minimum atomic E-state index is -0.0218. The van der Waals surface area contributed by atoms with Crippen LogP contribution in [0.15, 0.2) is 72.8 Å². The fraction of sp³-hybridized carbons (Fsp3) is 0.333. The summed E-state index contributed by atoms with van der Waals surface area (Å²) in [6, 6.07) is 24.3. The number of imidazole rings is 1. The van der Waals surface area contributed by atoms with Gasteiger partial charge in [-0.1, -0.05) is 36.4 Å². The quantitative estimate of drug-likeness (QED) is 0.364. The number of benzene rings is 3. The third kappa shape index (κ3) is 5.94. The van der Waals surface area contributed by atoms with E-state index < -0.39 is 0 Å². The molecule has 1 aliphatic heterocycles. The van der Waals surface area contributed by atoms with Gasteiger partial charge in [-0.3, -0.25) is 9.69 Å². The lowest BCUT2D eigenvalue weighted by Gasteiger charge is -2.31. The van der Waals surface area contributed by atoms with Gasteiger partial charge in [0.2, 0.25) is 5.91 Å². The Bertz CT molecular complexity index is 1330. The number of fused-ring (bicyclic) bond motifs is 1. The average Bonchev–Trinajstić information content (AvgIpc) is 3.29. The molecule has 1 N–H and O–H groups in total. The molecule has 192 valence electrons. The van der Waals surface area contributed by atoms with Crippen molar-refractivity contribution in [2.75, 3.05) is 27.3 Å². The Kier molecular flexibility index (Phi) is 7.70. The number of aromatic nitrogens is 2. The molecule has 1 aromatic heterocycles. The first-order valence-corrected chi connectivity index (χ1v) is 12.8. The molecule has 1 aliphatic rings. The summed E-state index contributed by atoms with van der Waals surface area (Å²) in [4.78, 5) is 20.4. The molecule has 0 aliphatic carbocycles. The largest absolute Gasteiger partial charge is 0.497 e. The van der Waals surface area contributed by atoms with Crippen molar-refractivity contribution in [3.63, 3.8) is 0 Å². The van der Waals surface area contributed by atoms with Crippen molar-refractivity contribution in [1.82, 2.24) is 19.8 Å². The topological polar surface area (TPSA) is 68.6 Å². The number of hydrogen-bond acceptors (Lipinski definition) is 5. The second-order valence-corrected chi connectivity index (χ2v) is 9.59. The monoisotopic (exact) mass is 498 g/mol. The molecule has 1 amide bonds. The number of nitrogens with zero attached hydrogens (tertiary/aromatic N) is 3. The Morgan fingerprint density at radius 1 is 0.919 bits per heavy atom. The Labute approximate surface area is 218 Å². The van der Waals surface area contributed by atoms with Crippen LogP contribution in [-0.2, 0) is 24.4 Å². The summed E-state index contributed by atoms with van der Waals surface area (Å²) >= 11 is 0. The molecule has 1 fully saturated rings. The fourth-order valence-electron chi connectivity index (χ4n) is 5.03. The van der Waals surface area contributed by atoms with Crippen LogP contribution in [0, 0.1) is 5.92 Å². The normalized spacial score (nSPS) is 16.0. The maximum absolute atomic E-state index is 13.0. The van der Waals surface area contributed by atoms with Gasteiger partial charge in [-0.25, -0.2) is 4.98 Å². The second kappa shape index (κ2) is 11.5. The zero-order chi connectivity index (χ0) is 25.6. The highest BCUT2D eigenvalue weighted by Gasteiger charge is 2.27. The summed E-state index contributed by atoms with van der Waals surface area (Å²) in [6.45, 7) is 3.68. The first-order chi connectivity index (χ1) is 18.1. The van der Waals surface area contributed by atoms with Crippen LogP contribution in [-0.4, -0.2) is 47.7 Å². The standard InChI is InChI=1S/C30H34N4O3/c1-36-25-13-9-22(10-14-25)18-31-30(35)24-6-5-17-33(20-24)21-29-32-27-7-3-4-8-28(27)34(29)19-23-11-15-26(37-2)16-12-23/h3-4,7-16,24H,5-6,17-21H2,1-2H3,(H,31,35)/t24-/m0/s1. The molecular weight excluding hydrogens is 464 g/mol. The summed E-state index contributed by atoms with van der Waals surface area (Å²) in [5.74, 6) is 2.79. The van der Waals surface area contributed by atoms with E-state index in [1.165, 1.54) is 5.56 Å². The van der Waals surface area contributed by atoms with Gasteiger partial charge in [0.1, 0.15) is 17.3 Å². The maximum Gasteiger partial charge on any atom is 0.224 e. The molecule has 0 radical (unpaired) electrons. The van der Waals surface area contributed by atoms with E-state index in [1.54, 1.807) is 14.2 Å². The van der Waals surface area contributed by atoms with Crippen LogP contribution >= 0.6 is 0 Å². The predicted molar refractivity (Wildman–Crippen MR) is 145 cm³/mol. The van der Waals surface area contributed by atoms with Crippen molar-refractivity contribution < 1.29 is 14.3 Å². The lowest BCUT2D eigenvalue weighted by Crippen LogP contribution is -2.42. The van der Waals surface area contributed by atoms with Gasteiger partial charge < -0.3 is 19.4 Å². The minimum absolute atomic E-state index is 0.0218. The zero-order valence-electron chi connectivity index (χ0n) is 21.5. The van der Waals surface area contributed by atoms with Crippen LogP contribution in [0.3, 0.4) is 0 Å². The number of amides is 1. The predicted octanol–water partition coefficient (Wildman–Crippen LogP) is 4.63. The minimum Gasteiger partial charge on any atom is -0.497 e. The molecule has 0 unspecified atom stereocenters. The molecule has 1 saturated heterocycles. The summed E-state index contributed by atoms with van der Waals surface area (Å²) in [5.41, 5.74) is 4.38. The molecule has 5 rings (SSSR count). The third-order valence-corrected chi connectivity index (χ3v) is 7.10. The second-order valence-electron chi connectivity index (χ2n) is 9.59. The number of carbonyl (C=O) groups excluding carboxylic acids is 1. The smallest absolute Gasteiger partial charge is 0.224 e. The molecule has 7 nitrogen and oxygen atoms in total. The number of methoxy groups -OCH3 is 2. The third-order valence-electron chi connectivity index (χ3n) is 7.10. The van der Waals surface area contributed by atoms with E-state index in [9.17, 15) is 4.79 Å². The summed E-state index contributed by atoms with van der Waals surface area (Å²) < 4.78 is 12.8. The van der Waals surface area contributed by atoms with Crippen molar-refractivity contribution in [3.8, 4) is 11.5 Å². The van der Waals surface area contributed by atoms with Crippen LogP contribution in [0.1, 0.15) is 29.8 Å². The Balaban J connectivity index is 1.26. The first kappa shape index (κ1) is 24.8. The molecule has 0 spiro atoms. The van der Waals surface area contributed by atoms with Crippen molar-refractivity contribution >= 4 is 16.9 Å². The molecule has 7 heteroatoms. The van der Waals surface area contributed by atoms with Gasteiger partial charge in [0.25, 0.3) is 0 Å². The molecule has 0 saturated carbocycles. The number of piperidine rings is 1. The van der Waals surface area contributed by atoms with Crippen LogP contribution in [0.2, 0.25) is 0 Å². The van der Waals surface area contributed by atoms with E-state index in [4.69, 9.17) is 14.5 Å². The van der Waals surface area contributed by atoms with E-state index in [1.807, 2.05) is 42.5 Å². The van der Waals surface area contributed by atoms with Crippen LogP contribution < -0.4 is 14.8 Å². The highest BCUT2D eigenvalue weighted by atomic mass is 16.5. The number of ether oxygens (including phenoxy) is 2. The number of nitrogens with one attached hydrogen (secondary N) is 1. The highest BCUT2D eigenvalue weighted by Crippen LogP contribution is 2.23. The number of likely N-dealkylation sites (tertiary alicyclic amines) is 1. The number of hydrogen-bond donors (Lipinski definition) is 1. The van der Waals surface area contributed by atoms with E-state index >= 15 is 0 Å². The molecule has 3 aromatic carbocycles. The van der Waals surface area contributed by atoms with Crippen molar-refractivity contribution in [1.29, 1.82) is 0 Å². The number of carbonyl (C=O) groups is 1. The first-order valence-electron chi connectivity index (χ1n) is 12.8. The van der Waals surface area contributed by atoms with Crippen molar-refractivity contribution in [2.45, 2.75) is 32.5 Å². The molecular formula is C30H34N4O3. The summed E-state index contributed by atoms with van der Waals surface area (Å²) in [6.07, 6.45) is 1.91. The van der Waals surface area contributed by atoms with Crippen molar-refractivity contribution in [3.05, 3.63) is 89.7 Å². The lowest BCUT2D eigenvalue weighted by molar-refractivity contribution is -0.127. The van der Waals surface area contributed by atoms with Gasteiger partial charge in [-0.05, 0) is 66.9 Å². The molecule has 0 bridgehead atoms. The van der Waals surface area contributed by atoms with E-state index in [-0.39, 0.29) is 11.8 Å². The zero-order valence-corrected chi connectivity index (χ0v) is 21.5. The fourth-order valence-corrected chi connectivity index (χ4v) is 5.03. The number of para-hydroxylation sites is 2. The van der Waals surface area contributed by atoms with Gasteiger partial charge in [-0.2, -0.15) is 0 Å². The van der Waals surface area contributed by atoms with Crippen LogP contribution in [0.4, 0.5) is 0 Å². The van der Waals surface area contributed by atoms with Crippen LogP contribution in [0.25, 0.3) is 11.0 Å². The highest BCUT2D eigenvalue weighted by molar-refractivity contribution is 5.79. The van der Waals surface area contributed by atoms with Gasteiger partial charge in [0.15, 0.2) is 0 Å². The number of rotatable bonds is 9. The Morgan fingerprint density at radius 3 is 2.30 bits per heavy atom. The summed E-state index contributed by atoms with van der Waals surface area (Å²) in [7, 11) is 3.33. The maximum atomic E-state index is 13.0. The van der Waals surface area contributed by atoms with Crippen LogP contribution in [0.5, 0.6) is 11.5 Å². The molecule has 1 atom stereocenters. The van der Waals surface area contributed by atoms with Crippen molar-refractivity contribution in [2.24, 2.45) is 5.92 Å². The molecule has 2 heterocycles. The molecule has 4 aromatic rings. The van der Waals surface area contributed by atoms with Gasteiger partial charge in [0.05, 0.1) is 37.7 Å². The summed E-state index contributed by atoms with van der Waals surface area (Å²) in [5, 5.41) is 3.13. The van der Waals surface area contributed by atoms with E-state index in [2.05, 4.69) is 45.1 Å². The Hall–Kier alpha value is -3.84. The SMILES string of the molecule is COc1ccc(CNC(=O)[C@H]2CCCN(Cc3nc4ccccc4n3Cc3ccc(OC)cc3)C2)cc1. The average molecular weight is 499 g/mol. The van der Waals surface area contributed by atoms with E-state index in [0.717, 1.165) is 66.4 Å². The van der Waals surface area contributed by atoms with Gasteiger partial charge in [-0.15, -0.1) is 0 Å². The van der Waals surface area contributed by atoms with Gasteiger partial charge in [0, 0.05) is 19.6 Å². The van der Waals surface area contributed by atoms with Gasteiger partial charge >= 0.3 is 0 Å².